The van der Waals surface area contributed by atoms with Crippen LogP contribution in [-0.2, 0) is 21.4 Å². The van der Waals surface area contributed by atoms with E-state index in [1.807, 2.05) is 6.07 Å². The van der Waals surface area contributed by atoms with E-state index in [-0.39, 0.29) is 4.90 Å². The van der Waals surface area contributed by atoms with Crippen molar-refractivity contribution in [1.29, 1.82) is 0 Å². The molecular weight excluding hydrogens is 290 g/mol. The zero-order valence-corrected chi connectivity index (χ0v) is 12.6. The highest BCUT2D eigenvalue weighted by Crippen LogP contribution is 2.22. The molecule has 0 atom stereocenters. The van der Waals surface area contributed by atoms with E-state index in [4.69, 9.17) is 4.74 Å². The minimum absolute atomic E-state index is 0.102. The van der Waals surface area contributed by atoms with Crippen LogP contribution < -0.4 is 10.0 Å². The quantitative estimate of drug-likeness (QED) is 0.854. The Morgan fingerprint density at radius 2 is 2.10 bits per heavy atom. The van der Waals surface area contributed by atoms with Gasteiger partial charge in [0.1, 0.15) is 4.90 Å². The number of methoxy groups -OCH3 is 1. The Morgan fingerprint density at radius 3 is 2.81 bits per heavy atom. The lowest BCUT2D eigenvalue weighted by molar-refractivity contribution is 0.185. The molecule has 0 unspecified atom stereocenters. The molecule has 7 heteroatoms. The highest BCUT2D eigenvalue weighted by atomic mass is 32.2. The molecule has 0 radical (unpaired) electrons. The fraction of sp³-hybridized carbons (Fsp3) is 0.214. The summed E-state index contributed by atoms with van der Waals surface area (Å²) in [5.41, 5.74) is 1.86. The van der Waals surface area contributed by atoms with Gasteiger partial charge in [-0.25, -0.2) is 8.42 Å². The van der Waals surface area contributed by atoms with Crippen molar-refractivity contribution < 1.29 is 13.2 Å². The second-order valence-corrected chi connectivity index (χ2v) is 6.01. The number of rotatable bonds is 6. The molecule has 0 bridgehead atoms. The zero-order chi connectivity index (χ0) is 15.3. The smallest absolute Gasteiger partial charge is 0.265 e. The van der Waals surface area contributed by atoms with Crippen LogP contribution in [0.2, 0.25) is 0 Å². The van der Waals surface area contributed by atoms with Gasteiger partial charge in [-0.05, 0) is 23.8 Å². The molecular formula is C14H17N3O3S. The zero-order valence-electron chi connectivity index (χ0n) is 11.8. The highest BCUT2D eigenvalue weighted by molar-refractivity contribution is 7.92. The van der Waals surface area contributed by atoms with Gasteiger partial charge in [0.05, 0.1) is 12.3 Å². The summed E-state index contributed by atoms with van der Waals surface area (Å²) in [6.45, 7) is 0.421. The van der Waals surface area contributed by atoms with Gasteiger partial charge in [0.15, 0.2) is 0 Å². The van der Waals surface area contributed by atoms with Crippen LogP contribution in [0.5, 0.6) is 0 Å². The van der Waals surface area contributed by atoms with Gasteiger partial charge in [-0.15, -0.1) is 0 Å². The number of hydrogen-bond acceptors (Lipinski definition) is 5. The van der Waals surface area contributed by atoms with Gasteiger partial charge in [-0.1, -0.05) is 12.1 Å². The summed E-state index contributed by atoms with van der Waals surface area (Å²) in [7, 11) is -0.454. The summed E-state index contributed by atoms with van der Waals surface area (Å²) < 4.78 is 32.4. The first-order valence-corrected chi connectivity index (χ1v) is 7.77. The van der Waals surface area contributed by atoms with Crippen LogP contribution in [0.25, 0.3) is 0 Å². The minimum Gasteiger partial charge on any atom is -0.387 e. The number of hydrogen-bond donors (Lipinski definition) is 2. The second-order valence-electron chi connectivity index (χ2n) is 4.36. The van der Waals surface area contributed by atoms with E-state index in [2.05, 4.69) is 15.0 Å². The van der Waals surface area contributed by atoms with Crippen LogP contribution in [0.4, 0.5) is 11.4 Å². The maximum Gasteiger partial charge on any atom is 0.265 e. The summed E-state index contributed by atoms with van der Waals surface area (Å²) in [4.78, 5) is 3.97. The standard InChI is InChI=1S/C14H17N3O3S/c1-15-13-6-7-16-9-14(13)21(18,19)17-12-5-3-4-11(8-12)10-20-2/h3-9,17H,10H2,1-2H3,(H,15,16). The monoisotopic (exact) mass is 307 g/mol. The Labute approximate surface area is 124 Å². The first-order chi connectivity index (χ1) is 10.1. The molecule has 0 aliphatic heterocycles. The second kappa shape index (κ2) is 6.55. The molecule has 0 saturated heterocycles. The van der Waals surface area contributed by atoms with Crippen molar-refractivity contribution in [1.82, 2.24) is 4.98 Å². The predicted molar refractivity (Wildman–Crippen MR) is 81.7 cm³/mol. The van der Waals surface area contributed by atoms with E-state index in [1.165, 1.54) is 12.4 Å². The van der Waals surface area contributed by atoms with Gasteiger partial charge in [-0.2, -0.15) is 0 Å². The lowest BCUT2D eigenvalue weighted by Gasteiger charge is -2.12. The first-order valence-electron chi connectivity index (χ1n) is 6.29. The highest BCUT2D eigenvalue weighted by Gasteiger charge is 2.18. The van der Waals surface area contributed by atoms with E-state index in [0.717, 1.165) is 5.56 Å². The third kappa shape index (κ3) is 3.71. The Balaban J connectivity index is 2.31. The molecule has 0 spiro atoms. The molecule has 2 aromatic rings. The van der Waals surface area contributed by atoms with Crippen molar-refractivity contribution in [2.24, 2.45) is 0 Å². The van der Waals surface area contributed by atoms with Crippen LogP contribution in [0, 0.1) is 0 Å². The SMILES string of the molecule is CNc1ccncc1S(=O)(=O)Nc1cccc(COC)c1. The fourth-order valence-electron chi connectivity index (χ4n) is 1.90. The summed E-state index contributed by atoms with van der Waals surface area (Å²) in [5.74, 6) is 0. The van der Waals surface area contributed by atoms with Crippen LogP contribution in [-0.4, -0.2) is 27.6 Å². The number of anilines is 2. The van der Waals surface area contributed by atoms with Gasteiger partial charge in [0, 0.05) is 32.2 Å². The van der Waals surface area contributed by atoms with E-state index < -0.39 is 10.0 Å². The molecule has 0 amide bonds. The van der Waals surface area contributed by atoms with Crippen molar-refractivity contribution in [2.75, 3.05) is 24.2 Å². The minimum atomic E-state index is -3.70. The average molecular weight is 307 g/mol. The van der Waals surface area contributed by atoms with Crippen molar-refractivity contribution in [3.8, 4) is 0 Å². The maximum absolute atomic E-state index is 12.4. The number of aromatic nitrogens is 1. The number of benzene rings is 1. The molecule has 2 rings (SSSR count). The number of nitrogens with one attached hydrogen (secondary N) is 2. The van der Waals surface area contributed by atoms with Crippen molar-refractivity contribution in [2.45, 2.75) is 11.5 Å². The molecule has 1 aromatic heterocycles. The third-order valence-corrected chi connectivity index (χ3v) is 4.24. The van der Waals surface area contributed by atoms with E-state index in [0.29, 0.717) is 18.0 Å². The fourth-order valence-corrected chi connectivity index (χ4v) is 3.11. The third-order valence-electron chi connectivity index (χ3n) is 2.83. The van der Waals surface area contributed by atoms with Crippen LogP contribution in [0.15, 0.2) is 47.6 Å². The van der Waals surface area contributed by atoms with Gasteiger partial charge < -0.3 is 10.1 Å². The van der Waals surface area contributed by atoms with E-state index in [9.17, 15) is 8.42 Å². The number of nitrogens with zero attached hydrogens (tertiary/aromatic N) is 1. The number of pyridine rings is 1. The Bertz CT molecular complexity index is 717. The predicted octanol–water partition coefficient (Wildman–Crippen LogP) is 2.07. The number of ether oxygens (including phenoxy) is 1. The van der Waals surface area contributed by atoms with E-state index >= 15 is 0 Å². The molecule has 112 valence electrons. The van der Waals surface area contributed by atoms with Gasteiger partial charge in [0.25, 0.3) is 10.0 Å². The Hall–Kier alpha value is -2.12. The molecule has 21 heavy (non-hydrogen) atoms. The molecule has 0 saturated carbocycles. The van der Waals surface area contributed by atoms with Gasteiger partial charge >= 0.3 is 0 Å². The van der Waals surface area contributed by atoms with Crippen LogP contribution in [0.1, 0.15) is 5.56 Å². The molecule has 1 heterocycles. The largest absolute Gasteiger partial charge is 0.387 e. The summed E-state index contributed by atoms with van der Waals surface area (Å²) in [5, 5.41) is 2.84. The molecule has 2 N–H and O–H groups in total. The molecule has 0 fully saturated rings. The Kier molecular flexibility index (Phi) is 4.77. The van der Waals surface area contributed by atoms with Gasteiger partial charge in [0.2, 0.25) is 0 Å². The van der Waals surface area contributed by atoms with Crippen LogP contribution in [0.3, 0.4) is 0 Å². The lowest BCUT2D eigenvalue weighted by atomic mass is 10.2. The summed E-state index contributed by atoms with van der Waals surface area (Å²) >= 11 is 0. The van der Waals surface area contributed by atoms with Crippen LogP contribution >= 0.6 is 0 Å². The topological polar surface area (TPSA) is 80.3 Å². The van der Waals surface area contributed by atoms with E-state index in [1.54, 1.807) is 38.4 Å². The molecule has 6 nitrogen and oxygen atoms in total. The maximum atomic E-state index is 12.4. The van der Waals surface area contributed by atoms with Crippen molar-refractivity contribution in [3.63, 3.8) is 0 Å². The average Bonchev–Trinajstić information content (AvgIpc) is 2.47. The number of sulfonamides is 1. The van der Waals surface area contributed by atoms with Crippen molar-refractivity contribution in [3.05, 3.63) is 48.3 Å². The molecule has 0 aliphatic carbocycles. The Morgan fingerprint density at radius 1 is 1.29 bits per heavy atom. The normalized spacial score (nSPS) is 11.1. The van der Waals surface area contributed by atoms with Gasteiger partial charge in [-0.3, -0.25) is 9.71 Å². The summed E-state index contributed by atoms with van der Waals surface area (Å²) in [6, 6.07) is 8.66. The molecule has 1 aromatic carbocycles. The van der Waals surface area contributed by atoms with Crippen molar-refractivity contribution >= 4 is 21.4 Å². The molecule has 0 aliphatic rings. The summed E-state index contributed by atoms with van der Waals surface area (Å²) in [6.07, 6.45) is 2.84. The lowest BCUT2D eigenvalue weighted by Crippen LogP contribution is -2.15. The first kappa shape index (κ1) is 15.3.